The van der Waals surface area contributed by atoms with Crippen LogP contribution in [0.3, 0.4) is 0 Å². The van der Waals surface area contributed by atoms with E-state index in [0.29, 0.717) is 23.4 Å². The first kappa shape index (κ1) is 26.1. The standard InChI is InChI=1S/C23H24N2O6S2/c1-18(26)22(32-31-30-24-20-12-6-3-7-13-20)16-10-5-11-17-23(19(2)27)33(28,29)25-21-14-8-4-9-15-21/h3-17,23-25H,1-2H3. The zero-order valence-corrected chi connectivity index (χ0v) is 19.6. The maximum Gasteiger partial charge on any atom is 0.246 e. The Bertz CT molecular complexity index is 1110. The van der Waals surface area contributed by atoms with Gasteiger partial charge in [-0.3, -0.25) is 14.3 Å². The van der Waals surface area contributed by atoms with Gasteiger partial charge in [-0.2, -0.15) is 0 Å². The lowest BCUT2D eigenvalue weighted by Crippen LogP contribution is -2.31. The van der Waals surface area contributed by atoms with Crippen molar-refractivity contribution in [3.05, 3.63) is 95.9 Å². The fourth-order valence-corrected chi connectivity index (χ4v) is 4.11. The molecule has 0 fully saturated rings. The number of rotatable bonds is 13. The molecule has 0 aliphatic heterocycles. The largest absolute Gasteiger partial charge is 0.298 e. The van der Waals surface area contributed by atoms with E-state index in [4.69, 9.17) is 9.32 Å². The Hall–Kier alpha value is -3.18. The van der Waals surface area contributed by atoms with Crippen LogP contribution in [0.15, 0.2) is 95.9 Å². The van der Waals surface area contributed by atoms with Crippen LogP contribution in [-0.4, -0.2) is 25.2 Å². The number of anilines is 2. The molecule has 0 saturated carbocycles. The third kappa shape index (κ3) is 9.46. The highest BCUT2D eigenvalue weighted by Crippen LogP contribution is 2.19. The maximum atomic E-state index is 12.5. The molecule has 2 aromatic rings. The number of carbonyl (C=O) groups excluding carboxylic acids is 2. The van der Waals surface area contributed by atoms with E-state index in [1.807, 2.05) is 18.2 Å². The molecule has 0 saturated heterocycles. The number of benzene rings is 2. The number of hydrogen-bond donors (Lipinski definition) is 2. The molecular weight excluding hydrogens is 464 g/mol. The summed E-state index contributed by atoms with van der Waals surface area (Å²) in [4.78, 5) is 28.7. The minimum Gasteiger partial charge on any atom is -0.298 e. The number of para-hydroxylation sites is 2. The van der Waals surface area contributed by atoms with Crippen LogP contribution in [0.5, 0.6) is 0 Å². The molecule has 8 nitrogen and oxygen atoms in total. The predicted octanol–water partition coefficient (Wildman–Crippen LogP) is 4.59. The molecule has 0 heterocycles. The van der Waals surface area contributed by atoms with Gasteiger partial charge >= 0.3 is 0 Å². The molecular formula is C23H24N2O6S2. The topological polar surface area (TPSA) is 111 Å². The van der Waals surface area contributed by atoms with E-state index in [1.165, 1.54) is 44.2 Å². The van der Waals surface area contributed by atoms with Gasteiger partial charge in [-0.15, -0.1) is 9.32 Å². The summed E-state index contributed by atoms with van der Waals surface area (Å²) in [6.45, 7) is 2.57. The molecule has 0 spiro atoms. The van der Waals surface area contributed by atoms with Gasteiger partial charge in [0.15, 0.2) is 16.8 Å². The highest BCUT2D eigenvalue weighted by molar-refractivity contribution is 7.99. The quantitative estimate of drug-likeness (QED) is 0.105. The van der Waals surface area contributed by atoms with Gasteiger partial charge in [0.05, 0.1) is 22.6 Å². The molecule has 1 atom stereocenters. The van der Waals surface area contributed by atoms with E-state index < -0.39 is 21.1 Å². The average Bonchev–Trinajstić information content (AvgIpc) is 2.77. The van der Waals surface area contributed by atoms with Crippen molar-refractivity contribution in [3.63, 3.8) is 0 Å². The van der Waals surface area contributed by atoms with Crippen molar-refractivity contribution in [2.24, 2.45) is 0 Å². The predicted molar refractivity (Wildman–Crippen MR) is 130 cm³/mol. The van der Waals surface area contributed by atoms with E-state index >= 15 is 0 Å². The number of nitrogens with one attached hydrogen (secondary N) is 2. The first-order chi connectivity index (χ1) is 15.8. The lowest BCUT2D eigenvalue weighted by Gasteiger charge is -2.13. The highest BCUT2D eigenvalue weighted by atomic mass is 32.2. The van der Waals surface area contributed by atoms with Gasteiger partial charge in [-0.1, -0.05) is 60.7 Å². The van der Waals surface area contributed by atoms with Crippen LogP contribution >= 0.6 is 12.0 Å². The molecule has 10 heteroatoms. The summed E-state index contributed by atoms with van der Waals surface area (Å²) >= 11 is 0.715. The lowest BCUT2D eigenvalue weighted by atomic mass is 10.2. The fraction of sp³-hybridized carbons (Fsp3) is 0.130. The van der Waals surface area contributed by atoms with Crippen molar-refractivity contribution in [2.45, 2.75) is 19.1 Å². The number of sulfonamides is 1. The fourth-order valence-electron chi connectivity index (χ4n) is 2.39. The van der Waals surface area contributed by atoms with Crippen molar-refractivity contribution in [1.82, 2.24) is 0 Å². The summed E-state index contributed by atoms with van der Waals surface area (Å²) in [6, 6.07) is 17.3. The molecule has 0 bridgehead atoms. The average molecular weight is 489 g/mol. The normalized spacial score (nSPS) is 13.2. The Morgan fingerprint density at radius 3 is 2.09 bits per heavy atom. The Morgan fingerprint density at radius 1 is 0.909 bits per heavy atom. The molecule has 2 N–H and O–H groups in total. The Balaban J connectivity index is 1.94. The van der Waals surface area contributed by atoms with Crippen LogP contribution in [0, 0.1) is 0 Å². The second-order valence-corrected chi connectivity index (χ2v) is 9.15. The smallest absolute Gasteiger partial charge is 0.246 e. The number of carbonyl (C=O) groups is 2. The van der Waals surface area contributed by atoms with Crippen molar-refractivity contribution < 1.29 is 27.3 Å². The summed E-state index contributed by atoms with van der Waals surface area (Å²) < 4.78 is 32.4. The minimum atomic E-state index is -3.97. The van der Waals surface area contributed by atoms with Gasteiger partial charge in [-0.25, -0.2) is 13.9 Å². The zero-order chi connectivity index (χ0) is 24.1. The van der Waals surface area contributed by atoms with E-state index in [1.54, 1.807) is 42.5 Å². The summed E-state index contributed by atoms with van der Waals surface area (Å²) in [5.41, 5.74) is 3.60. The van der Waals surface area contributed by atoms with Crippen LogP contribution in [0.25, 0.3) is 0 Å². The summed E-state index contributed by atoms with van der Waals surface area (Å²) in [5, 5.41) is -1.37. The Labute approximate surface area is 197 Å². The third-order valence-electron chi connectivity index (χ3n) is 3.96. The van der Waals surface area contributed by atoms with Crippen LogP contribution in [-0.2, 0) is 28.9 Å². The molecule has 174 valence electrons. The molecule has 0 amide bonds. The van der Waals surface area contributed by atoms with Gasteiger partial charge in [0.2, 0.25) is 10.0 Å². The molecule has 0 aromatic heterocycles. The van der Waals surface area contributed by atoms with Crippen molar-refractivity contribution in [3.8, 4) is 0 Å². The van der Waals surface area contributed by atoms with Gasteiger partial charge in [0, 0.05) is 5.69 Å². The van der Waals surface area contributed by atoms with E-state index in [0.717, 1.165) is 0 Å². The second kappa shape index (κ2) is 13.4. The van der Waals surface area contributed by atoms with Crippen molar-refractivity contribution in [2.75, 3.05) is 10.2 Å². The summed E-state index contributed by atoms with van der Waals surface area (Å²) in [5.74, 6) is -0.789. The lowest BCUT2D eigenvalue weighted by molar-refractivity contribution is -0.160. The maximum absolute atomic E-state index is 12.5. The van der Waals surface area contributed by atoms with Gasteiger partial charge < -0.3 is 0 Å². The first-order valence-electron chi connectivity index (χ1n) is 9.74. The molecule has 1 unspecified atom stereocenters. The number of ketones is 2. The Kier molecular flexibility index (Phi) is 10.6. The minimum absolute atomic E-state index is 0.246. The highest BCUT2D eigenvalue weighted by Gasteiger charge is 2.27. The molecule has 0 radical (unpaired) electrons. The number of hydrogen-bond acceptors (Lipinski definition) is 8. The zero-order valence-electron chi connectivity index (χ0n) is 18.0. The monoisotopic (exact) mass is 488 g/mol. The van der Waals surface area contributed by atoms with E-state index in [2.05, 4.69) is 10.2 Å². The second-order valence-electron chi connectivity index (χ2n) is 6.60. The van der Waals surface area contributed by atoms with Crippen molar-refractivity contribution >= 4 is 45.0 Å². The van der Waals surface area contributed by atoms with Crippen LogP contribution < -0.4 is 10.2 Å². The van der Waals surface area contributed by atoms with Gasteiger partial charge in [0.25, 0.3) is 0 Å². The van der Waals surface area contributed by atoms with Gasteiger partial charge in [0.1, 0.15) is 0 Å². The molecule has 0 aliphatic carbocycles. The van der Waals surface area contributed by atoms with Crippen LogP contribution in [0.1, 0.15) is 13.8 Å². The summed E-state index contributed by atoms with van der Waals surface area (Å²) in [7, 11) is -3.97. The molecule has 0 aliphatic rings. The molecule has 2 aromatic carbocycles. The Morgan fingerprint density at radius 2 is 1.52 bits per heavy atom. The first-order valence-corrected chi connectivity index (χ1v) is 12.0. The van der Waals surface area contributed by atoms with Crippen LogP contribution in [0.2, 0.25) is 0 Å². The van der Waals surface area contributed by atoms with E-state index in [-0.39, 0.29) is 10.7 Å². The SMILES string of the molecule is CC(=O)C(=CC=CC=CC(C(C)=O)S(=O)(=O)Nc1ccccc1)SOONc1ccccc1. The molecule has 33 heavy (non-hydrogen) atoms. The van der Waals surface area contributed by atoms with Gasteiger partial charge in [-0.05, 0) is 44.2 Å². The molecule has 2 rings (SSSR count). The summed E-state index contributed by atoms with van der Waals surface area (Å²) in [6.07, 6.45) is 7.18. The van der Waals surface area contributed by atoms with Crippen LogP contribution in [0.4, 0.5) is 11.4 Å². The number of allylic oxidation sites excluding steroid dienone is 5. The third-order valence-corrected chi connectivity index (χ3v) is 6.38. The van der Waals surface area contributed by atoms with E-state index in [9.17, 15) is 18.0 Å². The van der Waals surface area contributed by atoms with Crippen molar-refractivity contribution in [1.29, 1.82) is 0 Å². The number of Topliss-reactive ketones (excluding diaryl/α,β-unsaturated/α-hetero) is 2.